The lowest BCUT2D eigenvalue weighted by molar-refractivity contribution is 0.00212. The van der Waals surface area contributed by atoms with Crippen LogP contribution in [0.5, 0.6) is 5.75 Å². The van der Waals surface area contributed by atoms with E-state index in [2.05, 4.69) is 12.6 Å². The topological polar surface area (TPSA) is 29.5 Å². The Balaban J connectivity index is 2.14. The Bertz CT molecular complexity index is 355. The molecule has 1 unspecified atom stereocenters. The zero-order valence-electron chi connectivity index (χ0n) is 10.2. The first kappa shape index (κ1) is 12.8. The van der Waals surface area contributed by atoms with Crippen molar-refractivity contribution in [2.24, 2.45) is 0 Å². The molecule has 3 heteroatoms. The number of ether oxygens (including phenoxy) is 1. The fourth-order valence-electron chi connectivity index (χ4n) is 2.53. The Hall–Kier alpha value is -0.670. The number of hydrogen-bond acceptors (Lipinski definition) is 3. The molecule has 0 bridgehead atoms. The third-order valence-electron chi connectivity index (χ3n) is 3.66. The van der Waals surface area contributed by atoms with Crippen LogP contribution < -0.4 is 4.74 Å². The van der Waals surface area contributed by atoms with E-state index in [1.807, 2.05) is 24.3 Å². The lowest BCUT2D eigenvalue weighted by Crippen LogP contribution is -2.35. The van der Waals surface area contributed by atoms with Gasteiger partial charge in [-0.3, -0.25) is 0 Å². The molecule has 17 heavy (non-hydrogen) atoms. The first-order valence-corrected chi connectivity index (χ1v) is 6.72. The van der Waals surface area contributed by atoms with Gasteiger partial charge in [0.2, 0.25) is 0 Å². The molecule has 94 valence electrons. The lowest BCUT2D eigenvalue weighted by Gasteiger charge is -2.37. The Morgan fingerprint density at radius 1 is 1.18 bits per heavy atom. The fraction of sp³-hybridized carbons (Fsp3) is 0.571. The van der Waals surface area contributed by atoms with E-state index in [1.165, 1.54) is 6.42 Å². The van der Waals surface area contributed by atoms with E-state index in [4.69, 9.17) is 4.74 Å². The van der Waals surface area contributed by atoms with Gasteiger partial charge in [0.05, 0.1) is 18.0 Å². The number of rotatable bonds is 3. The van der Waals surface area contributed by atoms with Crippen molar-refractivity contribution in [1.29, 1.82) is 0 Å². The van der Waals surface area contributed by atoms with Crippen molar-refractivity contribution >= 4 is 12.6 Å². The summed E-state index contributed by atoms with van der Waals surface area (Å²) < 4.78 is 5.13. The molecule has 0 amide bonds. The minimum Gasteiger partial charge on any atom is -0.497 e. The summed E-state index contributed by atoms with van der Waals surface area (Å²) >= 11 is 4.62. The fourth-order valence-corrected chi connectivity index (χ4v) is 2.96. The Labute approximate surface area is 108 Å². The van der Waals surface area contributed by atoms with Gasteiger partial charge in [0, 0.05) is 0 Å². The molecule has 1 fully saturated rings. The summed E-state index contributed by atoms with van der Waals surface area (Å²) in [6.45, 7) is 0. The van der Waals surface area contributed by atoms with Gasteiger partial charge in [-0.05, 0) is 30.5 Å². The Morgan fingerprint density at radius 2 is 1.76 bits per heavy atom. The third kappa shape index (κ3) is 2.78. The third-order valence-corrected chi connectivity index (χ3v) is 4.44. The summed E-state index contributed by atoms with van der Waals surface area (Å²) in [5.74, 6) is 0.838. The van der Waals surface area contributed by atoms with E-state index in [0.717, 1.165) is 37.0 Å². The number of benzene rings is 1. The number of hydrogen-bond donors (Lipinski definition) is 2. The van der Waals surface area contributed by atoms with E-state index >= 15 is 0 Å². The van der Waals surface area contributed by atoms with E-state index in [9.17, 15) is 5.11 Å². The normalized spacial score (nSPS) is 20.9. The van der Waals surface area contributed by atoms with Gasteiger partial charge >= 0.3 is 0 Å². The highest BCUT2D eigenvalue weighted by Crippen LogP contribution is 2.42. The van der Waals surface area contributed by atoms with Crippen molar-refractivity contribution in [2.75, 3.05) is 7.11 Å². The molecule has 1 aliphatic rings. The summed E-state index contributed by atoms with van der Waals surface area (Å²) in [5, 5.41) is 10.5. The zero-order valence-corrected chi connectivity index (χ0v) is 11.1. The highest BCUT2D eigenvalue weighted by molar-refractivity contribution is 7.80. The molecule has 1 atom stereocenters. The molecule has 1 N–H and O–H groups in total. The van der Waals surface area contributed by atoms with Gasteiger partial charge in [-0.15, -0.1) is 0 Å². The molecule has 2 rings (SSSR count). The van der Waals surface area contributed by atoms with Crippen molar-refractivity contribution in [3.63, 3.8) is 0 Å². The first-order valence-electron chi connectivity index (χ1n) is 6.20. The van der Waals surface area contributed by atoms with Crippen molar-refractivity contribution < 1.29 is 9.84 Å². The molecule has 0 heterocycles. The van der Waals surface area contributed by atoms with Crippen LogP contribution in [0.4, 0.5) is 0 Å². The minimum atomic E-state index is -0.643. The predicted molar refractivity (Wildman–Crippen MR) is 72.8 cm³/mol. The second kappa shape index (κ2) is 5.32. The highest BCUT2D eigenvalue weighted by atomic mass is 32.1. The van der Waals surface area contributed by atoms with Crippen LogP contribution in [0.3, 0.4) is 0 Å². The van der Waals surface area contributed by atoms with Gasteiger partial charge in [0.15, 0.2) is 0 Å². The van der Waals surface area contributed by atoms with Crippen LogP contribution in [-0.2, 0) is 0 Å². The number of aliphatic hydroxyl groups is 1. The molecule has 2 nitrogen and oxygen atoms in total. The van der Waals surface area contributed by atoms with Gasteiger partial charge in [-0.2, -0.15) is 12.6 Å². The highest BCUT2D eigenvalue weighted by Gasteiger charge is 2.36. The average Bonchev–Trinajstić information content (AvgIpc) is 2.39. The molecule has 1 aliphatic carbocycles. The molecule has 0 aromatic heterocycles. The average molecular weight is 252 g/mol. The second-order valence-corrected chi connectivity index (χ2v) is 5.36. The largest absolute Gasteiger partial charge is 0.497 e. The molecule has 0 radical (unpaired) electrons. The minimum absolute atomic E-state index is 0.103. The second-order valence-electron chi connectivity index (χ2n) is 4.84. The van der Waals surface area contributed by atoms with Gasteiger partial charge in [0.1, 0.15) is 5.75 Å². The lowest BCUT2D eigenvalue weighted by atomic mass is 9.80. The monoisotopic (exact) mass is 252 g/mol. The molecule has 0 saturated heterocycles. The van der Waals surface area contributed by atoms with Crippen molar-refractivity contribution in [3.05, 3.63) is 29.8 Å². The summed E-state index contributed by atoms with van der Waals surface area (Å²) in [4.78, 5) is 0. The van der Waals surface area contributed by atoms with Crippen LogP contribution in [0, 0.1) is 0 Å². The number of methoxy groups -OCH3 is 1. The quantitative estimate of drug-likeness (QED) is 0.808. The van der Waals surface area contributed by atoms with Gasteiger partial charge in [-0.25, -0.2) is 0 Å². The summed E-state index contributed by atoms with van der Waals surface area (Å²) in [6, 6.07) is 7.82. The van der Waals surface area contributed by atoms with E-state index in [-0.39, 0.29) is 5.25 Å². The van der Waals surface area contributed by atoms with Crippen LogP contribution in [-0.4, -0.2) is 17.8 Å². The van der Waals surface area contributed by atoms with Crippen LogP contribution in [0.15, 0.2) is 24.3 Å². The Kier molecular flexibility index (Phi) is 4.00. The van der Waals surface area contributed by atoms with Gasteiger partial charge in [-0.1, -0.05) is 31.4 Å². The summed E-state index contributed by atoms with van der Waals surface area (Å²) in [5.41, 5.74) is 0.425. The van der Waals surface area contributed by atoms with E-state index in [0.29, 0.717) is 0 Å². The van der Waals surface area contributed by atoms with E-state index in [1.54, 1.807) is 7.11 Å². The first-order chi connectivity index (χ1) is 8.15. The summed E-state index contributed by atoms with van der Waals surface area (Å²) in [7, 11) is 1.65. The van der Waals surface area contributed by atoms with Crippen LogP contribution in [0.1, 0.15) is 42.9 Å². The maximum atomic E-state index is 10.6. The van der Waals surface area contributed by atoms with Crippen molar-refractivity contribution in [1.82, 2.24) is 0 Å². The van der Waals surface area contributed by atoms with Gasteiger partial charge in [0.25, 0.3) is 0 Å². The van der Waals surface area contributed by atoms with Gasteiger partial charge < -0.3 is 9.84 Å². The molecule has 1 aromatic rings. The molecule has 0 spiro atoms. The SMILES string of the molecule is COc1ccc(C(S)C2(O)CCCCC2)cc1. The number of thiol groups is 1. The van der Waals surface area contributed by atoms with Crippen LogP contribution in [0.25, 0.3) is 0 Å². The van der Waals surface area contributed by atoms with E-state index < -0.39 is 5.60 Å². The van der Waals surface area contributed by atoms with Crippen molar-refractivity contribution in [3.8, 4) is 5.75 Å². The molecule has 0 aliphatic heterocycles. The summed E-state index contributed by atoms with van der Waals surface area (Å²) in [6.07, 6.45) is 5.14. The van der Waals surface area contributed by atoms with Crippen LogP contribution >= 0.6 is 12.6 Å². The molecular formula is C14H20O2S. The standard InChI is InChI=1S/C14H20O2S/c1-16-12-7-5-11(6-8-12)13(17)14(15)9-3-2-4-10-14/h5-8,13,15,17H,2-4,9-10H2,1H3. The van der Waals surface area contributed by atoms with Crippen molar-refractivity contribution in [2.45, 2.75) is 43.0 Å². The Morgan fingerprint density at radius 3 is 2.29 bits per heavy atom. The molecule has 1 aromatic carbocycles. The molecular weight excluding hydrogens is 232 g/mol. The molecule has 1 saturated carbocycles. The van der Waals surface area contributed by atoms with Crippen LogP contribution in [0.2, 0.25) is 0 Å². The maximum absolute atomic E-state index is 10.6. The maximum Gasteiger partial charge on any atom is 0.118 e. The zero-order chi connectivity index (χ0) is 12.3. The predicted octanol–water partition coefficient (Wildman–Crippen LogP) is 3.36. The smallest absolute Gasteiger partial charge is 0.118 e.